The highest BCUT2D eigenvalue weighted by atomic mass is 19.1. The summed E-state index contributed by atoms with van der Waals surface area (Å²) in [6, 6.07) is 19.6. The Kier molecular flexibility index (Phi) is 3.94. The van der Waals surface area contributed by atoms with E-state index in [1.54, 1.807) is 12.3 Å². The molecule has 122 valence electrons. The van der Waals surface area contributed by atoms with Crippen molar-refractivity contribution in [3.05, 3.63) is 95.7 Å². The summed E-state index contributed by atoms with van der Waals surface area (Å²) >= 11 is 0. The van der Waals surface area contributed by atoms with Gasteiger partial charge in [-0.25, -0.2) is 9.37 Å². The van der Waals surface area contributed by atoms with Gasteiger partial charge in [0.1, 0.15) is 11.5 Å². The van der Waals surface area contributed by atoms with E-state index in [1.807, 2.05) is 59.3 Å². The van der Waals surface area contributed by atoms with Gasteiger partial charge in [0, 0.05) is 23.5 Å². The van der Waals surface area contributed by atoms with Crippen LogP contribution in [0.3, 0.4) is 0 Å². The molecule has 0 saturated heterocycles. The van der Waals surface area contributed by atoms with Crippen LogP contribution in [0.2, 0.25) is 0 Å². The molecule has 2 aromatic heterocycles. The zero-order chi connectivity index (χ0) is 17.9. The fourth-order valence-corrected chi connectivity index (χ4v) is 2.84. The molecule has 0 saturated carbocycles. The van der Waals surface area contributed by atoms with E-state index in [1.165, 1.54) is 12.1 Å². The molecule has 2 aromatic carbocycles. The van der Waals surface area contributed by atoms with Gasteiger partial charge in [0.2, 0.25) is 0 Å². The SMILES string of the molecule is N#Cc1cc(F)cc(-n2cc(C#Cc3ccccn3)c3ccccc32)c1. The lowest BCUT2D eigenvalue weighted by Gasteiger charge is -2.06. The molecule has 26 heavy (non-hydrogen) atoms. The second kappa shape index (κ2) is 6.55. The molecule has 4 rings (SSSR count). The lowest BCUT2D eigenvalue weighted by atomic mass is 10.2. The van der Waals surface area contributed by atoms with E-state index in [4.69, 9.17) is 5.26 Å². The Balaban J connectivity index is 1.89. The van der Waals surface area contributed by atoms with Gasteiger partial charge >= 0.3 is 0 Å². The highest BCUT2D eigenvalue weighted by Gasteiger charge is 2.10. The molecule has 0 spiro atoms. The highest BCUT2D eigenvalue weighted by Crippen LogP contribution is 2.25. The Morgan fingerprint density at radius 2 is 1.81 bits per heavy atom. The van der Waals surface area contributed by atoms with Gasteiger partial charge in [0.05, 0.1) is 22.7 Å². The second-order valence-corrected chi connectivity index (χ2v) is 5.70. The van der Waals surface area contributed by atoms with Crippen molar-refractivity contribution in [2.24, 2.45) is 0 Å². The van der Waals surface area contributed by atoms with Gasteiger partial charge < -0.3 is 4.57 Å². The Morgan fingerprint density at radius 1 is 0.962 bits per heavy atom. The number of aromatic nitrogens is 2. The largest absolute Gasteiger partial charge is 0.315 e. The van der Waals surface area contributed by atoms with Crippen molar-refractivity contribution in [1.82, 2.24) is 9.55 Å². The van der Waals surface area contributed by atoms with Crippen molar-refractivity contribution in [3.63, 3.8) is 0 Å². The van der Waals surface area contributed by atoms with Gasteiger partial charge in [-0.05, 0) is 42.3 Å². The Hall–Kier alpha value is -3.89. The van der Waals surface area contributed by atoms with Crippen LogP contribution in [-0.2, 0) is 0 Å². The fraction of sp³-hybridized carbons (Fsp3) is 0. The maximum Gasteiger partial charge on any atom is 0.126 e. The summed E-state index contributed by atoms with van der Waals surface area (Å²) in [4.78, 5) is 4.21. The zero-order valence-corrected chi connectivity index (χ0v) is 13.6. The number of hydrogen-bond acceptors (Lipinski definition) is 2. The van der Waals surface area contributed by atoms with Crippen LogP contribution in [0.5, 0.6) is 0 Å². The van der Waals surface area contributed by atoms with E-state index in [0.717, 1.165) is 16.5 Å². The first-order chi connectivity index (χ1) is 12.7. The van der Waals surface area contributed by atoms with E-state index < -0.39 is 5.82 Å². The van der Waals surface area contributed by atoms with Gasteiger partial charge in [-0.3, -0.25) is 0 Å². The van der Waals surface area contributed by atoms with Crippen molar-refractivity contribution < 1.29 is 4.39 Å². The molecular formula is C22H12FN3. The van der Waals surface area contributed by atoms with Gasteiger partial charge in [-0.1, -0.05) is 30.2 Å². The predicted molar refractivity (Wildman–Crippen MR) is 98.2 cm³/mol. The minimum absolute atomic E-state index is 0.277. The first-order valence-electron chi connectivity index (χ1n) is 7.99. The smallest absolute Gasteiger partial charge is 0.126 e. The fourth-order valence-electron chi connectivity index (χ4n) is 2.84. The number of para-hydroxylation sites is 1. The summed E-state index contributed by atoms with van der Waals surface area (Å²) in [5.41, 5.74) is 3.26. The number of fused-ring (bicyclic) bond motifs is 1. The summed E-state index contributed by atoms with van der Waals surface area (Å²) in [7, 11) is 0. The van der Waals surface area contributed by atoms with Gasteiger partial charge in [-0.15, -0.1) is 0 Å². The average Bonchev–Trinajstić information content (AvgIpc) is 3.05. The predicted octanol–water partition coefficient (Wildman–Crippen LogP) is 4.44. The molecule has 0 radical (unpaired) electrons. The second-order valence-electron chi connectivity index (χ2n) is 5.70. The normalized spacial score (nSPS) is 10.2. The van der Waals surface area contributed by atoms with Crippen molar-refractivity contribution in [2.75, 3.05) is 0 Å². The van der Waals surface area contributed by atoms with Crippen LogP contribution in [0.15, 0.2) is 73.1 Å². The number of pyridine rings is 1. The summed E-state index contributed by atoms with van der Waals surface area (Å²) in [6.07, 6.45) is 3.56. The summed E-state index contributed by atoms with van der Waals surface area (Å²) in [6.45, 7) is 0. The van der Waals surface area contributed by atoms with E-state index in [-0.39, 0.29) is 5.56 Å². The zero-order valence-electron chi connectivity index (χ0n) is 13.6. The maximum absolute atomic E-state index is 13.9. The number of halogens is 1. The third kappa shape index (κ3) is 2.92. The van der Waals surface area contributed by atoms with Crippen LogP contribution >= 0.6 is 0 Å². The number of rotatable bonds is 1. The molecule has 2 heterocycles. The van der Waals surface area contributed by atoms with Crippen LogP contribution in [0.25, 0.3) is 16.6 Å². The molecule has 0 aliphatic carbocycles. The van der Waals surface area contributed by atoms with Crippen LogP contribution in [0.1, 0.15) is 16.8 Å². The Morgan fingerprint density at radius 3 is 2.62 bits per heavy atom. The number of benzene rings is 2. The summed E-state index contributed by atoms with van der Waals surface area (Å²) in [5.74, 6) is 5.75. The minimum atomic E-state index is -0.446. The Labute approximate surface area is 150 Å². The quantitative estimate of drug-likeness (QED) is 0.482. The van der Waals surface area contributed by atoms with Crippen molar-refractivity contribution >= 4 is 10.9 Å². The van der Waals surface area contributed by atoms with Crippen molar-refractivity contribution in [1.29, 1.82) is 5.26 Å². The maximum atomic E-state index is 13.9. The molecule has 0 aliphatic rings. The summed E-state index contributed by atoms with van der Waals surface area (Å²) in [5, 5.41) is 10.1. The van der Waals surface area contributed by atoms with Crippen LogP contribution < -0.4 is 0 Å². The number of hydrogen-bond donors (Lipinski definition) is 0. The van der Waals surface area contributed by atoms with Crippen LogP contribution in [0, 0.1) is 29.0 Å². The number of nitrogens with zero attached hydrogens (tertiary/aromatic N) is 3. The molecular weight excluding hydrogens is 325 g/mol. The van der Waals surface area contributed by atoms with E-state index in [0.29, 0.717) is 11.4 Å². The van der Waals surface area contributed by atoms with E-state index in [9.17, 15) is 4.39 Å². The lowest BCUT2D eigenvalue weighted by molar-refractivity contribution is 0.626. The molecule has 0 N–H and O–H groups in total. The van der Waals surface area contributed by atoms with Crippen molar-refractivity contribution in [2.45, 2.75) is 0 Å². The molecule has 0 bridgehead atoms. The van der Waals surface area contributed by atoms with E-state index >= 15 is 0 Å². The minimum Gasteiger partial charge on any atom is -0.315 e. The molecule has 4 heteroatoms. The topological polar surface area (TPSA) is 41.6 Å². The Bertz CT molecular complexity index is 1210. The summed E-state index contributed by atoms with van der Waals surface area (Å²) < 4.78 is 15.7. The molecule has 0 unspecified atom stereocenters. The standard InChI is InChI=1S/C22H12FN3/c23-18-11-16(14-24)12-20(13-18)26-15-17(21-6-1-2-7-22(21)26)8-9-19-5-3-4-10-25-19/h1-7,10-13,15H. The molecule has 0 fully saturated rings. The van der Waals surface area contributed by atoms with Crippen LogP contribution in [0.4, 0.5) is 4.39 Å². The lowest BCUT2D eigenvalue weighted by Crippen LogP contribution is -1.94. The van der Waals surface area contributed by atoms with Gasteiger partial charge in [-0.2, -0.15) is 5.26 Å². The third-order valence-corrected chi connectivity index (χ3v) is 3.99. The molecule has 0 atom stereocenters. The first kappa shape index (κ1) is 15.6. The molecule has 0 amide bonds. The van der Waals surface area contributed by atoms with Gasteiger partial charge in [0.25, 0.3) is 0 Å². The van der Waals surface area contributed by atoms with Gasteiger partial charge in [0.15, 0.2) is 0 Å². The molecule has 3 nitrogen and oxygen atoms in total. The molecule has 4 aromatic rings. The average molecular weight is 337 g/mol. The highest BCUT2D eigenvalue weighted by molar-refractivity contribution is 5.88. The van der Waals surface area contributed by atoms with Crippen molar-refractivity contribution in [3.8, 4) is 23.6 Å². The third-order valence-electron chi connectivity index (χ3n) is 3.99. The monoisotopic (exact) mass is 337 g/mol. The van der Waals surface area contributed by atoms with Crippen LogP contribution in [-0.4, -0.2) is 9.55 Å². The number of nitriles is 1. The molecule has 0 aliphatic heterocycles. The van der Waals surface area contributed by atoms with E-state index in [2.05, 4.69) is 16.8 Å². The first-order valence-corrected chi connectivity index (χ1v) is 7.99.